The summed E-state index contributed by atoms with van der Waals surface area (Å²) >= 11 is 0. The van der Waals surface area contributed by atoms with Crippen molar-refractivity contribution in [1.82, 2.24) is 4.90 Å². The van der Waals surface area contributed by atoms with Crippen molar-refractivity contribution in [2.24, 2.45) is 0 Å². The molecule has 1 aromatic rings. The van der Waals surface area contributed by atoms with Crippen LogP contribution in [0.3, 0.4) is 0 Å². The van der Waals surface area contributed by atoms with Crippen molar-refractivity contribution >= 4 is 5.91 Å². The molecule has 1 fully saturated rings. The van der Waals surface area contributed by atoms with Crippen LogP contribution in [-0.4, -0.2) is 35.1 Å². The molecule has 86 valence electrons. The summed E-state index contributed by atoms with van der Waals surface area (Å²) in [6.07, 6.45) is 1.89. The number of benzene rings is 1. The molecule has 0 aromatic heterocycles. The molecule has 0 saturated heterocycles. The average molecular weight is 223 g/mol. The van der Waals surface area contributed by atoms with Gasteiger partial charge in [-0.15, -0.1) is 0 Å². The Balaban J connectivity index is 2.19. The summed E-state index contributed by atoms with van der Waals surface area (Å²) in [5.74, 6) is -0.828. The topological polar surface area (TPSA) is 40.5 Å². The van der Waals surface area contributed by atoms with Crippen molar-refractivity contribution in [1.29, 1.82) is 0 Å². The molecule has 0 heterocycles. The Hall–Kier alpha value is -1.42. The van der Waals surface area contributed by atoms with Gasteiger partial charge in [-0.3, -0.25) is 4.79 Å². The van der Waals surface area contributed by atoms with Gasteiger partial charge in [0.25, 0.3) is 5.91 Å². The van der Waals surface area contributed by atoms with Crippen molar-refractivity contribution in [3.05, 3.63) is 35.6 Å². The molecule has 0 bridgehead atoms. The zero-order valence-electron chi connectivity index (χ0n) is 8.90. The van der Waals surface area contributed by atoms with Crippen LogP contribution < -0.4 is 0 Å². The van der Waals surface area contributed by atoms with Crippen LogP contribution in [0.4, 0.5) is 4.39 Å². The first-order valence-electron chi connectivity index (χ1n) is 5.40. The van der Waals surface area contributed by atoms with E-state index in [9.17, 15) is 9.18 Å². The molecule has 0 atom stereocenters. The third-order valence-electron chi connectivity index (χ3n) is 2.69. The van der Waals surface area contributed by atoms with Gasteiger partial charge in [-0.1, -0.05) is 12.1 Å². The predicted octanol–water partition coefficient (Wildman–Crippen LogP) is 1.42. The second-order valence-electron chi connectivity index (χ2n) is 3.93. The molecule has 1 aliphatic carbocycles. The molecule has 3 nitrogen and oxygen atoms in total. The number of amides is 1. The molecule has 0 spiro atoms. The third-order valence-corrected chi connectivity index (χ3v) is 2.69. The van der Waals surface area contributed by atoms with Gasteiger partial charge < -0.3 is 10.0 Å². The van der Waals surface area contributed by atoms with E-state index in [0.717, 1.165) is 12.8 Å². The number of aliphatic hydroxyl groups is 1. The highest BCUT2D eigenvalue weighted by Crippen LogP contribution is 2.28. The summed E-state index contributed by atoms with van der Waals surface area (Å²) in [6.45, 7) is 0.189. The van der Waals surface area contributed by atoms with E-state index in [1.807, 2.05) is 0 Å². The smallest absolute Gasteiger partial charge is 0.257 e. The van der Waals surface area contributed by atoms with Crippen LogP contribution in [0.25, 0.3) is 0 Å². The lowest BCUT2D eigenvalue weighted by molar-refractivity contribution is 0.0703. The average Bonchev–Trinajstić information content (AvgIpc) is 3.09. The van der Waals surface area contributed by atoms with E-state index in [0.29, 0.717) is 0 Å². The van der Waals surface area contributed by atoms with Gasteiger partial charge in [-0.2, -0.15) is 0 Å². The van der Waals surface area contributed by atoms with Gasteiger partial charge in [0.1, 0.15) is 5.82 Å². The zero-order valence-corrected chi connectivity index (χ0v) is 8.90. The maximum absolute atomic E-state index is 13.4. The Morgan fingerprint density at radius 1 is 1.44 bits per heavy atom. The first-order chi connectivity index (χ1) is 7.74. The van der Waals surface area contributed by atoms with Crippen molar-refractivity contribution in [2.45, 2.75) is 18.9 Å². The lowest BCUT2D eigenvalue weighted by Crippen LogP contribution is -2.35. The number of halogens is 1. The fourth-order valence-corrected chi connectivity index (χ4v) is 1.73. The van der Waals surface area contributed by atoms with E-state index in [1.54, 1.807) is 17.0 Å². The summed E-state index contributed by atoms with van der Waals surface area (Å²) < 4.78 is 13.4. The van der Waals surface area contributed by atoms with Crippen LogP contribution in [0.1, 0.15) is 23.2 Å². The molecule has 0 unspecified atom stereocenters. The van der Waals surface area contributed by atoms with Gasteiger partial charge >= 0.3 is 0 Å². The maximum Gasteiger partial charge on any atom is 0.257 e. The van der Waals surface area contributed by atoms with Gasteiger partial charge in [0, 0.05) is 12.6 Å². The summed E-state index contributed by atoms with van der Waals surface area (Å²) in [5.41, 5.74) is 0.0860. The summed E-state index contributed by atoms with van der Waals surface area (Å²) in [5, 5.41) is 8.89. The maximum atomic E-state index is 13.4. The van der Waals surface area contributed by atoms with Crippen LogP contribution >= 0.6 is 0 Å². The molecule has 1 saturated carbocycles. The van der Waals surface area contributed by atoms with Crippen molar-refractivity contribution in [3.63, 3.8) is 0 Å². The Morgan fingerprint density at radius 2 is 2.12 bits per heavy atom. The van der Waals surface area contributed by atoms with Crippen molar-refractivity contribution in [2.75, 3.05) is 13.2 Å². The number of nitrogens with zero attached hydrogens (tertiary/aromatic N) is 1. The molecule has 1 aliphatic rings. The summed E-state index contributed by atoms with van der Waals surface area (Å²) in [6, 6.07) is 6.13. The highest BCUT2D eigenvalue weighted by molar-refractivity contribution is 5.94. The summed E-state index contributed by atoms with van der Waals surface area (Å²) in [7, 11) is 0. The molecular weight excluding hydrogens is 209 g/mol. The van der Waals surface area contributed by atoms with E-state index in [4.69, 9.17) is 5.11 Å². The number of hydrogen-bond acceptors (Lipinski definition) is 2. The minimum Gasteiger partial charge on any atom is -0.395 e. The largest absolute Gasteiger partial charge is 0.395 e. The molecule has 16 heavy (non-hydrogen) atoms. The minimum absolute atomic E-state index is 0.0860. The van der Waals surface area contributed by atoms with Gasteiger partial charge in [0.15, 0.2) is 0 Å². The highest BCUT2D eigenvalue weighted by atomic mass is 19.1. The van der Waals surface area contributed by atoms with Crippen molar-refractivity contribution < 1.29 is 14.3 Å². The standard InChI is InChI=1S/C12H14FNO2/c13-11-4-2-1-3-10(11)12(16)14(7-8-15)9-5-6-9/h1-4,9,15H,5-8H2. The second kappa shape index (κ2) is 4.61. The van der Waals surface area contributed by atoms with Gasteiger partial charge in [-0.05, 0) is 25.0 Å². The first-order valence-corrected chi connectivity index (χ1v) is 5.40. The molecule has 1 aromatic carbocycles. The van der Waals surface area contributed by atoms with E-state index < -0.39 is 5.82 Å². The lowest BCUT2D eigenvalue weighted by Gasteiger charge is -2.21. The highest BCUT2D eigenvalue weighted by Gasteiger charge is 2.33. The van der Waals surface area contributed by atoms with E-state index in [2.05, 4.69) is 0 Å². The van der Waals surface area contributed by atoms with E-state index in [1.165, 1.54) is 12.1 Å². The van der Waals surface area contributed by atoms with Crippen LogP contribution in [0.15, 0.2) is 24.3 Å². The molecule has 1 N–H and O–H groups in total. The fraction of sp³-hybridized carbons (Fsp3) is 0.417. The molecule has 0 radical (unpaired) electrons. The molecule has 2 rings (SSSR count). The van der Waals surface area contributed by atoms with Gasteiger partial charge in [0.05, 0.1) is 12.2 Å². The Labute approximate surface area is 93.5 Å². The quantitative estimate of drug-likeness (QED) is 0.838. The number of aliphatic hydroxyl groups excluding tert-OH is 1. The number of hydrogen-bond donors (Lipinski definition) is 1. The Bertz CT molecular complexity index is 390. The van der Waals surface area contributed by atoms with Crippen molar-refractivity contribution in [3.8, 4) is 0 Å². The lowest BCUT2D eigenvalue weighted by atomic mass is 10.2. The first kappa shape index (κ1) is 11.1. The fourth-order valence-electron chi connectivity index (χ4n) is 1.73. The minimum atomic E-state index is -0.504. The van der Waals surface area contributed by atoms with Gasteiger partial charge in [-0.25, -0.2) is 4.39 Å². The van der Waals surface area contributed by atoms with Crippen LogP contribution in [0.5, 0.6) is 0 Å². The van der Waals surface area contributed by atoms with E-state index >= 15 is 0 Å². The number of carbonyl (C=O) groups is 1. The third kappa shape index (κ3) is 2.22. The van der Waals surface area contributed by atoms with Crippen LogP contribution in [0.2, 0.25) is 0 Å². The van der Waals surface area contributed by atoms with Gasteiger partial charge in [0.2, 0.25) is 0 Å². The molecule has 4 heteroatoms. The number of rotatable bonds is 4. The molecular formula is C12H14FNO2. The molecule has 1 amide bonds. The normalized spacial score (nSPS) is 14.9. The Kier molecular flexibility index (Phi) is 3.19. The number of carbonyl (C=O) groups excluding carboxylic acids is 1. The monoisotopic (exact) mass is 223 g/mol. The van der Waals surface area contributed by atoms with E-state index in [-0.39, 0.29) is 30.7 Å². The SMILES string of the molecule is O=C(c1ccccc1F)N(CCO)C1CC1. The zero-order chi connectivity index (χ0) is 11.5. The van der Waals surface area contributed by atoms with Crippen LogP contribution in [-0.2, 0) is 0 Å². The van der Waals surface area contributed by atoms with Crippen LogP contribution in [0, 0.1) is 5.82 Å². The Morgan fingerprint density at radius 3 is 2.69 bits per heavy atom. The summed E-state index contributed by atoms with van der Waals surface area (Å²) in [4.78, 5) is 13.6. The molecule has 0 aliphatic heterocycles. The second-order valence-corrected chi connectivity index (χ2v) is 3.93. The predicted molar refractivity (Wildman–Crippen MR) is 57.5 cm³/mol.